The molecule has 0 amide bonds. The standard InChI is InChI=1S/C14H24N2O/c1-14(2,15)8-9-16(3)11-12-6-5-7-13(10-12)17-4/h5-7,10H,8-9,11,15H2,1-4H3. The summed E-state index contributed by atoms with van der Waals surface area (Å²) >= 11 is 0. The van der Waals surface area contributed by atoms with E-state index >= 15 is 0 Å². The molecule has 1 rings (SSSR count). The fraction of sp³-hybridized carbons (Fsp3) is 0.571. The molecule has 1 aromatic carbocycles. The molecule has 0 aliphatic rings. The van der Waals surface area contributed by atoms with E-state index in [-0.39, 0.29) is 5.54 Å². The molecule has 17 heavy (non-hydrogen) atoms. The minimum absolute atomic E-state index is 0.0946. The highest BCUT2D eigenvalue weighted by Gasteiger charge is 2.11. The Morgan fingerprint density at radius 1 is 1.35 bits per heavy atom. The van der Waals surface area contributed by atoms with Crippen LogP contribution >= 0.6 is 0 Å². The summed E-state index contributed by atoms with van der Waals surface area (Å²) in [6.45, 7) is 6.05. The second-order valence-corrected chi connectivity index (χ2v) is 5.33. The van der Waals surface area contributed by atoms with Crippen molar-refractivity contribution in [2.45, 2.75) is 32.4 Å². The molecule has 1 aromatic rings. The van der Waals surface area contributed by atoms with Gasteiger partial charge in [0.1, 0.15) is 5.75 Å². The van der Waals surface area contributed by atoms with Crippen molar-refractivity contribution in [3.05, 3.63) is 29.8 Å². The second-order valence-electron chi connectivity index (χ2n) is 5.33. The lowest BCUT2D eigenvalue weighted by atomic mass is 10.0. The smallest absolute Gasteiger partial charge is 0.119 e. The second kappa shape index (κ2) is 6.03. The van der Waals surface area contributed by atoms with E-state index < -0.39 is 0 Å². The quantitative estimate of drug-likeness (QED) is 0.823. The fourth-order valence-electron chi connectivity index (χ4n) is 1.64. The Bertz CT molecular complexity index is 344. The molecule has 0 saturated carbocycles. The van der Waals surface area contributed by atoms with Crippen LogP contribution in [0.5, 0.6) is 5.75 Å². The van der Waals surface area contributed by atoms with Gasteiger partial charge in [0.15, 0.2) is 0 Å². The van der Waals surface area contributed by atoms with Crippen molar-refractivity contribution in [2.75, 3.05) is 20.7 Å². The molecular formula is C14H24N2O. The van der Waals surface area contributed by atoms with Gasteiger partial charge in [-0.25, -0.2) is 0 Å². The Balaban J connectivity index is 2.47. The lowest BCUT2D eigenvalue weighted by Gasteiger charge is -2.23. The first-order valence-electron chi connectivity index (χ1n) is 6.01. The van der Waals surface area contributed by atoms with E-state index in [2.05, 4.69) is 37.9 Å². The number of benzene rings is 1. The van der Waals surface area contributed by atoms with Crippen molar-refractivity contribution in [1.82, 2.24) is 4.90 Å². The molecule has 0 fully saturated rings. The summed E-state index contributed by atoms with van der Waals surface area (Å²) in [5, 5.41) is 0. The third kappa shape index (κ3) is 5.71. The molecule has 0 radical (unpaired) electrons. The van der Waals surface area contributed by atoms with Crippen LogP contribution in [-0.2, 0) is 6.54 Å². The maximum absolute atomic E-state index is 5.98. The molecule has 0 heterocycles. The first kappa shape index (κ1) is 14.0. The van der Waals surface area contributed by atoms with Crippen LogP contribution < -0.4 is 10.5 Å². The average molecular weight is 236 g/mol. The third-order valence-electron chi connectivity index (χ3n) is 2.72. The van der Waals surface area contributed by atoms with Gasteiger partial charge in [-0.3, -0.25) is 0 Å². The van der Waals surface area contributed by atoms with E-state index in [1.807, 2.05) is 12.1 Å². The number of nitrogens with zero attached hydrogens (tertiary/aromatic N) is 1. The van der Waals surface area contributed by atoms with Crippen LogP contribution in [-0.4, -0.2) is 31.1 Å². The predicted octanol–water partition coefficient (Wildman–Crippen LogP) is 2.25. The molecule has 0 spiro atoms. The van der Waals surface area contributed by atoms with Gasteiger partial charge in [0, 0.05) is 12.1 Å². The molecule has 3 nitrogen and oxygen atoms in total. The highest BCUT2D eigenvalue weighted by Crippen LogP contribution is 2.14. The number of nitrogens with two attached hydrogens (primary N) is 1. The Labute approximate surface area is 105 Å². The van der Waals surface area contributed by atoms with Crippen molar-refractivity contribution in [3.8, 4) is 5.75 Å². The lowest BCUT2D eigenvalue weighted by Crippen LogP contribution is -2.36. The maximum Gasteiger partial charge on any atom is 0.119 e. The maximum atomic E-state index is 5.98. The molecular weight excluding hydrogens is 212 g/mol. The normalized spacial score (nSPS) is 11.9. The van der Waals surface area contributed by atoms with Gasteiger partial charge < -0.3 is 15.4 Å². The largest absolute Gasteiger partial charge is 0.497 e. The van der Waals surface area contributed by atoms with Gasteiger partial charge in [-0.05, 0) is 51.6 Å². The first-order valence-corrected chi connectivity index (χ1v) is 6.01. The lowest BCUT2D eigenvalue weighted by molar-refractivity contribution is 0.288. The third-order valence-corrected chi connectivity index (χ3v) is 2.72. The summed E-state index contributed by atoms with van der Waals surface area (Å²) in [6, 6.07) is 8.18. The monoisotopic (exact) mass is 236 g/mol. The Morgan fingerprint density at radius 2 is 2.06 bits per heavy atom. The van der Waals surface area contributed by atoms with Crippen LogP contribution in [0.3, 0.4) is 0 Å². The highest BCUT2D eigenvalue weighted by atomic mass is 16.5. The van der Waals surface area contributed by atoms with E-state index in [0.717, 1.165) is 25.3 Å². The Morgan fingerprint density at radius 3 is 2.65 bits per heavy atom. The SMILES string of the molecule is COc1cccc(CN(C)CCC(C)(C)N)c1. The van der Waals surface area contributed by atoms with Crippen molar-refractivity contribution in [1.29, 1.82) is 0 Å². The molecule has 0 aliphatic heterocycles. The average Bonchev–Trinajstić information content (AvgIpc) is 2.26. The van der Waals surface area contributed by atoms with Crippen molar-refractivity contribution in [3.63, 3.8) is 0 Å². The summed E-state index contributed by atoms with van der Waals surface area (Å²) in [7, 11) is 3.81. The summed E-state index contributed by atoms with van der Waals surface area (Å²) in [4.78, 5) is 2.28. The molecule has 0 bridgehead atoms. The van der Waals surface area contributed by atoms with Crippen molar-refractivity contribution >= 4 is 0 Å². The van der Waals surface area contributed by atoms with Gasteiger partial charge in [0.25, 0.3) is 0 Å². The van der Waals surface area contributed by atoms with Gasteiger partial charge in [0.05, 0.1) is 7.11 Å². The van der Waals surface area contributed by atoms with Crippen LogP contribution in [0.2, 0.25) is 0 Å². The highest BCUT2D eigenvalue weighted by molar-refractivity contribution is 5.28. The molecule has 0 aliphatic carbocycles. The van der Waals surface area contributed by atoms with Crippen LogP contribution in [0.15, 0.2) is 24.3 Å². The Kier molecular flexibility index (Phi) is 4.97. The van der Waals surface area contributed by atoms with Crippen molar-refractivity contribution < 1.29 is 4.74 Å². The zero-order chi connectivity index (χ0) is 12.9. The molecule has 0 saturated heterocycles. The first-order chi connectivity index (χ1) is 7.90. The number of hydrogen-bond donors (Lipinski definition) is 1. The topological polar surface area (TPSA) is 38.5 Å². The van der Waals surface area contributed by atoms with Gasteiger partial charge >= 0.3 is 0 Å². The number of rotatable bonds is 6. The molecule has 3 heteroatoms. The van der Waals surface area contributed by atoms with E-state index in [1.165, 1.54) is 5.56 Å². The van der Waals surface area contributed by atoms with E-state index in [9.17, 15) is 0 Å². The van der Waals surface area contributed by atoms with Crippen LogP contribution in [0.25, 0.3) is 0 Å². The van der Waals surface area contributed by atoms with E-state index in [4.69, 9.17) is 10.5 Å². The van der Waals surface area contributed by atoms with Crippen LogP contribution in [0.4, 0.5) is 0 Å². The summed E-state index contributed by atoms with van der Waals surface area (Å²) in [6.07, 6.45) is 0.994. The van der Waals surface area contributed by atoms with Gasteiger partial charge in [-0.15, -0.1) is 0 Å². The van der Waals surface area contributed by atoms with Gasteiger partial charge in [-0.2, -0.15) is 0 Å². The molecule has 0 unspecified atom stereocenters. The molecule has 0 aromatic heterocycles. The van der Waals surface area contributed by atoms with Crippen molar-refractivity contribution in [2.24, 2.45) is 5.73 Å². The number of hydrogen-bond acceptors (Lipinski definition) is 3. The minimum atomic E-state index is -0.0946. The summed E-state index contributed by atoms with van der Waals surface area (Å²) < 4.78 is 5.21. The van der Waals surface area contributed by atoms with Crippen LogP contribution in [0.1, 0.15) is 25.8 Å². The predicted molar refractivity (Wildman–Crippen MR) is 72.2 cm³/mol. The van der Waals surface area contributed by atoms with Gasteiger partial charge in [-0.1, -0.05) is 12.1 Å². The minimum Gasteiger partial charge on any atom is -0.497 e. The van der Waals surface area contributed by atoms with E-state index in [0.29, 0.717) is 0 Å². The molecule has 2 N–H and O–H groups in total. The number of methoxy groups -OCH3 is 1. The van der Waals surface area contributed by atoms with Gasteiger partial charge in [0.2, 0.25) is 0 Å². The van der Waals surface area contributed by atoms with E-state index in [1.54, 1.807) is 7.11 Å². The molecule has 0 atom stereocenters. The summed E-state index contributed by atoms with van der Waals surface area (Å²) in [5.41, 5.74) is 7.15. The fourth-order valence-corrected chi connectivity index (χ4v) is 1.64. The zero-order valence-corrected chi connectivity index (χ0v) is 11.4. The molecule has 96 valence electrons. The van der Waals surface area contributed by atoms with Crippen LogP contribution in [0, 0.1) is 0 Å². The summed E-state index contributed by atoms with van der Waals surface area (Å²) in [5.74, 6) is 0.912. The Hall–Kier alpha value is -1.06. The number of ether oxygens (including phenoxy) is 1. The zero-order valence-electron chi connectivity index (χ0n) is 11.4.